The van der Waals surface area contributed by atoms with E-state index in [9.17, 15) is 4.79 Å². The number of carbonyl (C=O) groups is 1. The maximum atomic E-state index is 12.0. The highest BCUT2D eigenvalue weighted by atomic mass is 16.5. The first kappa shape index (κ1) is 20.6. The van der Waals surface area contributed by atoms with Crippen molar-refractivity contribution in [1.82, 2.24) is 29.5 Å². The number of esters is 1. The van der Waals surface area contributed by atoms with E-state index < -0.39 is 5.97 Å². The Balaban J connectivity index is 1.55. The smallest absolute Gasteiger partial charge is 0.341 e. The Morgan fingerprint density at radius 2 is 1.91 bits per heavy atom. The molecule has 3 aromatic heterocycles. The SMILES string of the molecule is CCOC(=O)c1cnn(-c2nc(OC)c3c(n2)c(C)nn3Cc2ccc3ccccc3c2)c1. The highest BCUT2D eigenvalue weighted by Crippen LogP contribution is 2.27. The lowest BCUT2D eigenvalue weighted by molar-refractivity contribution is 0.0526. The molecular weight excluding hydrogens is 420 g/mol. The summed E-state index contributed by atoms with van der Waals surface area (Å²) >= 11 is 0. The minimum Gasteiger partial charge on any atom is -0.479 e. The van der Waals surface area contributed by atoms with Crippen molar-refractivity contribution in [3.05, 3.63) is 71.7 Å². The van der Waals surface area contributed by atoms with Crippen molar-refractivity contribution in [2.75, 3.05) is 13.7 Å². The summed E-state index contributed by atoms with van der Waals surface area (Å²) < 4.78 is 13.9. The van der Waals surface area contributed by atoms with E-state index in [1.165, 1.54) is 27.8 Å². The van der Waals surface area contributed by atoms with Crippen molar-refractivity contribution in [2.24, 2.45) is 0 Å². The van der Waals surface area contributed by atoms with Gasteiger partial charge in [-0.2, -0.15) is 15.2 Å². The van der Waals surface area contributed by atoms with Gasteiger partial charge in [0.25, 0.3) is 5.95 Å². The van der Waals surface area contributed by atoms with Gasteiger partial charge in [0.15, 0.2) is 0 Å². The Morgan fingerprint density at radius 3 is 2.70 bits per heavy atom. The van der Waals surface area contributed by atoms with Gasteiger partial charge in [0, 0.05) is 6.20 Å². The van der Waals surface area contributed by atoms with Gasteiger partial charge in [-0.1, -0.05) is 36.4 Å². The molecule has 0 aliphatic rings. The van der Waals surface area contributed by atoms with E-state index in [1.54, 1.807) is 14.0 Å². The number of benzene rings is 2. The van der Waals surface area contributed by atoms with Gasteiger partial charge in [0.05, 0.1) is 37.7 Å². The third kappa shape index (κ3) is 3.78. The average molecular weight is 442 g/mol. The number of ether oxygens (including phenoxy) is 2. The van der Waals surface area contributed by atoms with Crippen LogP contribution in [0.2, 0.25) is 0 Å². The van der Waals surface area contributed by atoms with Crippen molar-refractivity contribution in [1.29, 1.82) is 0 Å². The van der Waals surface area contributed by atoms with Gasteiger partial charge in [-0.25, -0.2) is 14.5 Å². The Bertz CT molecular complexity index is 1490. The van der Waals surface area contributed by atoms with Crippen LogP contribution in [0.1, 0.15) is 28.5 Å². The van der Waals surface area contributed by atoms with Crippen LogP contribution in [0.15, 0.2) is 54.9 Å². The van der Waals surface area contributed by atoms with Crippen LogP contribution in [-0.2, 0) is 11.3 Å². The van der Waals surface area contributed by atoms with Gasteiger partial charge in [-0.3, -0.25) is 4.68 Å². The molecular formula is C24H22N6O3. The number of hydrogen-bond donors (Lipinski definition) is 0. The number of methoxy groups -OCH3 is 1. The molecule has 0 saturated heterocycles. The van der Waals surface area contributed by atoms with E-state index >= 15 is 0 Å². The van der Waals surface area contributed by atoms with E-state index in [4.69, 9.17) is 14.6 Å². The summed E-state index contributed by atoms with van der Waals surface area (Å²) in [6.45, 7) is 4.48. The number of fused-ring (bicyclic) bond motifs is 2. The minimum absolute atomic E-state index is 0.281. The maximum absolute atomic E-state index is 12.0. The van der Waals surface area contributed by atoms with Crippen molar-refractivity contribution >= 4 is 27.8 Å². The number of rotatable bonds is 6. The highest BCUT2D eigenvalue weighted by molar-refractivity contribution is 5.89. The number of aromatic nitrogens is 6. The molecule has 3 heterocycles. The fourth-order valence-corrected chi connectivity index (χ4v) is 3.81. The Labute approximate surface area is 189 Å². The average Bonchev–Trinajstić information content (AvgIpc) is 3.44. The van der Waals surface area contributed by atoms with Gasteiger partial charge >= 0.3 is 5.97 Å². The molecule has 0 bridgehead atoms. The van der Waals surface area contributed by atoms with Gasteiger partial charge in [0.1, 0.15) is 11.0 Å². The predicted molar refractivity (Wildman–Crippen MR) is 123 cm³/mol. The second-order valence-corrected chi connectivity index (χ2v) is 7.55. The Morgan fingerprint density at radius 1 is 1.09 bits per heavy atom. The topological polar surface area (TPSA) is 96.9 Å². The molecule has 0 radical (unpaired) electrons. The summed E-state index contributed by atoms with van der Waals surface area (Å²) in [6, 6.07) is 14.6. The molecule has 0 atom stereocenters. The number of carbonyl (C=O) groups excluding carboxylic acids is 1. The first-order valence-corrected chi connectivity index (χ1v) is 10.6. The van der Waals surface area contributed by atoms with E-state index in [-0.39, 0.29) is 12.6 Å². The summed E-state index contributed by atoms with van der Waals surface area (Å²) in [5.74, 6) is 0.212. The molecule has 0 saturated carbocycles. The van der Waals surface area contributed by atoms with Gasteiger partial charge in [-0.05, 0) is 36.2 Å². The normalized spacial score (nSPS) is 11.2. The highest BCUT2D eigenvalue weighted by Gasteiger charge is 2.20. The lowest BCUT2D eigenvalue weighted by atomic mass is 10.1. The third-order valence-electron chi connectivity index (χ3n) is 5.35. The standard InChI is InChI=1S/C24H22N6O3/c1-4-33-23(31)19-12-25-30(14-19)24-26-20-15(2)28-29(21(20)22(27-24)32-3)13-16-9-10-17-7-5-6-8-18(17)11-16/h5-12,14H,4,13H2,1-3H3. The maximum Gasteiger partial charge on any atom is 0.341 e. The molecule has 5 aromatic rings. The molecule has 0 amide bonds. The van der Waals surface area contributed by atoms with Crippen LogP contribution in [0.4, 0.5) is 0 Å². The van der Waals surface area contributed by atoms with Crippen molar-refractivity contribution in [3.8, 4) is 11.8 Å². The van der Waals surface area contributed by atoms with Crippen molar-refractivity contribution in [3.63, 3.8) is 0 Å². The molecule has 166 valence electrons. The molecule has 0 aliphatic heterocycles. The Hall–Kier alpha value is -4.27. The first-order chi connectivity index (χ1) is 16.1. The molecule has 9 nitrogen and oxygen atoms in total. The second-order valence-electron chi connectivity index (χ2n) is 7.55. The van der Waals surface area contributed by atoms with Crippen LogP contribution in [0.25, 0.3) is 27.8 Å². The monoisotopic (exact) mass is 442 g/mol. The second kappa shape index (κ2) is 8.34. The summed E-state index contributed by atoms with van der Waals surface area (Å²) in [5.41, 5.74) is 3.53. The van der Waals surface area contributed by atoms with Crippen LogP contribution >= 0.6 is 0 Å². The zero-order chi connectivity index (χ0) is 22.9. The fourth-order valence-electron chi connectivity index (χ4n) is 3.81. The van der Waals surface area contributed by atoms with E-state index in [1.807, 2.05) is 23.7 Å². The molecule has 2 aromatic carbocycles. The quantitative estimate of drug-likeness (QED) is 0.370. The van der Waals surface area contributed by atoms with Crippen LogP contribution < -0.4 is 4.74 Å². The molecule has 33 heavy (non-hydrogen) atoms. The number of nitrogens with zero attached hydrogens (tertiary/aromatic N) is 6. The number of aryl methyl sites for hydroxylation is 1. The van der Waals surface area contributed by atoms with E-state index in [0.29, 0.717) is 29.0 Å². The summed E-state index contributed by atoms with van der Waals surface area (Å²) in [6.07, 6.45) is 2.96. The van der Waals surface area contributed by atoms with Gasteiger partial charge in [0.2, 0.25) is 5.88 Å². The van der Waals surface area contributed by atoms with Crippen LogP contribution in [0.5, 0.6) is 5.88 Å². The van der Waals surface area contributed by atoms with Crippen molar-refractivity contribution < 1.29 is 14.3 Å². The van der Waals surface area contributed by atoms with E-state index in [2.05, 4.69) is 45.4 Å². The summed E-state index contributed by atoms with van der Waals surface area (Å²) in [7, 11) is 1.56. The number of hydrogen-bond acceptors (Lipinski definition) is 7. The zero-order valence-electron chi connectivity index (χ0n) is 18.5. The third-order valence-corrected chi connectivity index (χ3v) is 5.35. The Kier molecular flexibility index (Phi) is 5.21. The molecule has 0 fully saturated rings. The molecule has 0 spiro atoms. The molecule has 0 aliphatic carbocycles. The van der Waals surface area contributed by atoms with Crippen molar-refractivity contribution in [2.45, 2.75) is 20.4 Å². The minimum atomic E-state index is -0.448. The molecule has 0 N–H and O–H groups in total. The first-order valence-electron chi connectivity index (χ1n) is 10.6. The van der Waals surface area contributed by atoms with E-state index in [0.717, 1.165) is 11.3 Å². The van der Waals surface area contributed by atoms with Crippen LogP contribution in [-0.4, -0.2) is 49.2 Å². The summed E-state index contributed by atoms with van der Waals surface area (Å²) in [5, 5.41) is 11.3. The lowest BCUT2D eigenvalue weighted by Gasteiger charge is -2.09. The van der Waals surface area contributed by atoms with Crippen LogP contribution in [0, 0.1) is 6.92 Å². The largest absolute Gasteiger partial charge is 0.479 e. The van der Waals surface area contributed by atoms with Gasteiger partial charge < -0.3 is 9.47 Å². The molecule has 0 unspecified atom stereocenters. The zero-order valence-corrected chi connectivity index (χ0v) is 18.5. The van der Waals surface area contributed by atoms with Gasteiger partial charge in [-0.15, -0.1) is 0 Å². The fraction of sp³-hybridized carbons (Fsp3) is 0.208. The summed E-state index contributed by atoms with van der Waals surface area (Å²) in [4.78, 5) is 21.2. The molecule has 9 heteroatoms. The van der Waals surface area contributed by atoms with Crippen LogP contribution in [0.3, 0.4) is 0 Å². The molecule has 5 rings (SSSR count). The lowest BCUT2D eigenvalue weighted by Crippen LogP contribution is -2.07. The predicted octanol–water partition coefficient (Wildman–Crippen LogP) is 3.71.